The Morgan fingerprint density at radius 2 is 1.75 bits per heavy atom. The molecule has 0 aliphatic carbocycles. The maximum atomic E-state index is 11.7. The third kappa shape index (κ3) is 5.17. The molecule has 0 radical (unpaired) electrons. The Kier molecular flexibility index (Phi) is 5.36. The molecule has 1 aromatic carbocycles. The van der Waals surface area contributed by atoms with E-state index >= 15 is 0 Å². The van der Waals surface area contributed by atoms with Crippen molar-refractivity contribution in [3.8, 4) is 0 Å². The number of hydrogen-bond acceptors (Lipinski definition) is 7. The summed E-state index contributed by atoms with van der Waals surface area (Å²) in [5, 5.41) is 0. The molecule has 0 aromatic heterocycles. The summed E-state index contributed by atoms with van der Waals surface area (Å²) in [6, 6.07) is 8.90. The Morgan fingerprint density at radius 1 is 1.15 bits per heavy atom. The van der Waals surface area contributed by atoms with Gasteiger partial charge in [-0.2, -0.15) is 0 Å². The second-order valence-corrected chi connectivity index (χ2v) is 4.24. The Balaban J connectivity index is 2.52. The summed E-state index contributed by atoms with van der Waals surface area (Å²) in [6.07, 6.45) is -0.653. The van der Waals surface area contributed by atoms with Gasteiger partial charge in [0, 0.05) is 6.92 Å². The molecule has 7 heteroatoms. The Morgan fingerprint density at radius 3 is 2.30 bits per heavy atom. The predicted molar refractivity (Wildman–Crippen MR) is 68.7 cm³/mol. The van der Waals surface area contributed by atoms with Gasteiger partial charge in [-0.05, 0) is 5.56 Å². The standard InChI is InChI=1S/C13H16N2O5/c1-9(16)20-11(17)7-13(14,15)12(18)19-8-10-5-3-2-4-6-10/h2-6H,7-8,14-15H2,1H3. The van der Waals surface area contributed by atoms with Crippen molar-refractivity contribution in [1.29, 1.82) is 0 Å². The van der Waals surface area contributed by atoms with Crippen molar-refractivity contribution < 1.29 is 23.9 Å². The van der Waals surface area contributed by atoms with Gasteiger partial charge in [0.25, 0.3) is 0 Å². The van der Waals surface area contributed by atoms with Crippen LogP contribution in [0.2, 0.25) is 0 Å². The van der Waals surface area contributed by atoms with E-state index < -0.39 is 30.0 Å². The van der Waals surface area contributed by atoms with Gasteiger partial charge in [-0.15, -0.1) is 0 Å². The Labute approximate surface area is 115 Å². The molecule has 0 saturated carbocycles. The van der Waals surface area contributed by atoms with Gasteiger partial charge in [-0.25, -0.2) is 4.79 Å². The number of carbonyl (C=O) groups is 3. The highest BCUT2D eigenvalue weighted by molar-refractivity contribution is 5.90. The van der Waals surface area contributed by atoms with Crippen LogP contribution in [0, 0.1) is 0 Å². The fourth-order valence-electron chi connectivity index (χ4n) is 1.36. The van der Waals surface area contributed by atoms with E-state index in [0.29, 0.717) is 0 Å². The minimum atomic E-state index is -2.04. The number of carbonyl (C=O) groups excluding carboxylic acids is 3. The zero-order valence-corrected chi connectivity index (χ0v) is 11.0. The number of ether oxygens (including phenoxy) is 2. The van der Waals surface area contributed by atoms with Crippen molar-refractivity contribution in [2.45, 2.75) is 25.6 Å². The van der Waals surface area contributed by atoms with E-state index in [4.69, 9.17) is 16.2 Å². The number of benzene rings is 1. The summed E-state index contributed by atoms with van der Waals surface area (Å²) >= 11 is 0. The van der Waals surface area contributed by atoms with Crippen LogP contribution in [0.25, 0.3) is 0 Å². The number of rotatable bonds is 5. The van der Waals surface area contributed by atoms with Crippen LogP contribution in [-0.2, 0) is 30.5 Å². The van der Waals surface area contributed by atoms with Crippen LogP contribution in [0.1, 0.15) is 18.9 Å². The molecule has 108 valence electrons. The van der Waals surface area contributed by atoms with Crippen LogP contribution in [0.5, 0.6) is 0 Å². The molecule has 0 saturated heterocycles. The summed E-state index contributed by atoms with van der Waals surface area (Å²) in [5.41, 5.74) is 9.70. The van der Waals surface area contributed by atoms with Gasteiger partial charge in [-0.1, -0.05) is 30.3 Å². The molecule has 0 unspecified atom stereocenters. The number of esters is 3. The highest BCUT2D eigenvalue weighted by Gasteiger charge is 2.35. The van der Waals surface area contributed by atoms with Gasteiger partial charge in [-0.3, -0.25) is 9.59 Å². The highest BCUT2D eigenvalue weighted by atomic mass is 16.6. The van der Waals surface area contributed by atoms with E-state index in [2.05, 4.69) is 4.74 Å². The smallest absolute Gasteiger partial charge is 0.341 e. The topological polar surface area (TPSA) is 122 Å². The van der Waals surface area contributed by atoms with Crippen molar-refractivity contribution in [2.75, 3.05) is 0 Å². The van der Waals surface area contributed by atoms with Crippen molar-refractivity contribution in [2.24, 2.45) is 11.5 Å². The predicted octanol–water partition coefficient (Wildman–Crippen LogP) is -0.177. The summed E-state index contributed by atoms with van der Waals surface area (Å²) in [5.74, 6) is -2.75. The van der Waals surface area contributed by atoms with E-state index in [1.165, 1.54) is 0 Å². The normalized spacial score (nSPS) is 10.8. The summed E-state index contributed by atoms with van der Waals surface area (Å²) in [6.45, 7) is 1.04. The van der Waals surface area contributed by atoms with Crippen LogP contribution in [0.15, 0.2) is 30.3 Å². The molecule has 1 aromatic rings. The monoisotopic (exact) mass is 280 g/mol. The lowest BCUT2D eigenvalue weighted by Gasteiger charge is -2.20. The Hall–Kier alpha value is -2.25. The van der Waals surface area contributed by atoms with E-state index in [9.17, 15) is 14.4 Å². The lowest BCUT2D eigenvalue weighted by atomic mass is 10.1. The van der Waals surface area contributed by atoms with Crippen LogP contribution in [-0.4, -0.2) is 23.6 Å². The van der Waals surface area contributed by atoms with E-state index in [0.717, 1.165) is 12.5 Å². The maximum Gasteiger partial charge on any atom is 0.341 e. The second-order valence-electron chi connectivity index (χ2n) is 4.24. The fourth-order valence-corrected chi connectivity index (χ4v) is 1.36. The molecule has 1 rings (SSSR count). The van der Waals surface area contributed by atoms with Gasteiger partial charge >= 0.3 is 17.9 Å². The lowest BCUT2D eigenvalue weighted by molar-refractivity contribution is -0.163. The fraction of sp³-hybridized carbons (Fsp3) is 0.308. The van der Waals surface area contributed by atoms with Gasteiger partial charge in [0.15, 0.2) is 5.66 Å². The van der Waals surface area contributed by atoms with Crippen molar-refractivity contribution in [3.05, 3.63) is 35.9 Å². The minimum absolute atomic E-state index is 0.0163. The van der Waals surface area contributed by atoms with Crippen molar-refractivity contribution in [1.82, 2.24) is 0 Å². The van der Waals surface area contributed by atoms with E-state index in [1.807, 2.05) is 6.07 Å². The van der Waals surface area contributed by atoms with Gasteiger partial charge in [0.2, 0.25) is 0 Å². The number of hydrogen-bond donors (Lipinski definition) is 2. The molecule has 0 heterocycles. The van der Waals surface area contributed by atoms with Crippen molar-refractivity contribution in [3.63, 3.8) is 0 Å². The van der Waals surface area contributed by atoms with Crippen LogP contribution in [0.3, 0.4) is 0 Å². The largest absolute Gasteiger partial charge is 0.458 e. The molecule has 0 amide bonds. The van der Waals surface area contributed by atoms with Crippen molar-refractivity contribution >= 4 is 17.9 Å². The average Bonchev–Trinajstić information content (AvgIpc) is 2.35. The molecular weight excluding hydrogens is 264 g/mol. The van der Waals surface area contributed by atoms with E-state index in [1.54, 1.807) is 24.3 Å². The zero-order valence-electron chi connectivity index (χ0n) is 11.0. The first-order chi connectivity index (χ1) is 9.31. The molecule has 0 spiro atoms. The molecule has 0 fully saturated rings. The summed E-state index contributed by atoms with van der Waals surface area (Å²) in [4.78, 5) is 33.5. The van der Waals surface area contributed by atoms with Crippen LogP contribution < -0.4 is 11.5 Å². The first kappa shape index (κ1) is 15.8. The Bertz CT molecular complexity index is 499. The average molecular weight is 280 g/mol. The summed E-state index contributed by atoms with van der Waals surface area (Å²) in [7, 11) is 0. The SMILES string of the molecule is CC(=O)OC(=O)CC(N)(N)C(=O)OCc1ccccc1. The van der Waals surface area contributed by atoms with E-state index in [-0.39, 0.29) is 6.61 Å². The second kappa shape index (κ2) is 6.78. The molecular formula is C13H16N2O5. The van der Waals surface area contributed by atoms with Crippen LogP contribution >= 0.6 is 0 Å². The lowest BCUT2D eigenvalue weighted by Crippen LogP contribution is -2.58. The molecule has 7 nitrogen and oxygen atoms in total. The van der Waals surface area contributed by atoms with Crippen LogP contribution in [0.4, 0.5) is 0 Å². The molecule has 0 atom stereocenters. The highest BCUT2D eigenvalue weighted by Crippen LogP contribution is 2.07. The molecule has 4 N–H and O–H groups in total. The molecule has 0 aliphatic heterocycles. The molecule has 20 heavy (non-hydrogen) atoms. The molecule has 0 aliphatic rings. The quantitative estimate of drug-likeness (QED) is 0.436. The first-order valence-corrected chi connectivity index (χ1v) is 5.81. The maximum absolute atomic E-state index is 11.7. The van der Waals surface area contributed by atoms with Gasteiger partial charge in [0.05, 0.1) is 6.42 Å². The zero-order chi connectivity index (χ0) is 15.2. The molecule has 0 bridgehead atoms. The number of nitrogens with two attached hydrogens (primary N) is 2. The van der Waals surface area contributed by atoms with Gasteiger partial charge < -0.3 is 20.9 Å². The third-order valence-corrected chi connectivity index (χ3v) is 2.29. The third-order valence-electron chi connectivity index (χ3n) is 2.29. The first-order valence-electron chi connectivity index (χ1n) is 5.81. The summed E-state index contributed by atoms with van der Waals surface area (Å²) < 4.78 is 9.17. The van der Waals surface area contributed by atoms with Gasteiger partial charge in [0.1, 0.15) is 6.61 Å². The minimum Gasteiger partial charge on any atom is -0.458 e.